The number of para-hydroxylation sites is 2. The minimum absolute atomic E-state index is 0.708. The first-order valence-electron chi connectivity index (χ1n) is 17.1. The van der Waals surface area contributed by atoms with Crippen LogP contribution >= 0.6 is 11.3 Å². The molecule has 0 radical (unpaired) electrons. The van der Waals surface area contributed by atoms with Crippen molar-refractivity contribution in [1.29, 1.82) is 0 Å². The normalized spacial score (nSPS) is 11.9. The van der Waals surface area contributed by atoms with Gasteiger partial charge in [0.2, 0.25) is 0 Å². The Morgan fingerprint density at radius 2 is 1.10 bits per heavy atom. The van der Waals surface area contributed by atoms with E-state index in [0.29, 0.717) is 5.82 Å². The number of rotatable bonds is 4. The molecule has 0 spiro atoms. The van der Waals surface area contributed by atoms with Crippen molar-refractivity contribution in [2.45, 2.75) is 0 Å². The standard InChI is InChI=1S/C46H27N3OS/c1-3-13-28(14-4-1)35-27-36(48-46(47-35)30-15-5-2-6-16-30)29-23-25-31(26-24-29)49-37-20-10-7-17-32(37)40-41-34-19-9-12-22-39(34)51-45(41)44-42(43(40)49)33-18-8-11-21-38(33)50-44/h1-27H. The summed E-state index contributed by atoms with van der Waals surface area (Å²) in [6.07, 6.45) is 0. The number of hydrogen-bond donors (Lipinski definition) is 0. The quantitative estimate of drug-likeness (QED) is 0.187. The molecule has 11 aromatic rings. The van der Waals surface area contributed by atoms with E-state index >= 15 is 0 Å². The third kappa shape index (κ3) is 4.25. The van der Waals surface area contributed by atoms with Gasteiger partial charge in [0.1, 0.15) is 5.58 Å². The molecule has 0 amide bonds. The van der Waals surface area contributed by atoms with E-state index in [2.05, 4.69) is 132 Å². The molecule has 0 saturated heterocycles. The molecule has 0 fully saturated rings. The van der Waals surface area contributed by atoms with Gasteiger partial charge < -0.3 is 8.98 Å². The molecular weight excluding hydrogens is 643 g/mol. The molecule has 0 aliphatic heterocycles. The van der Waals surface area contributed by atoms with Gasteiger partial charge in [-0.2, -0.15) is 0 Å². The molecule has 0 unspecified atom stereocenters. The number of aromatic nitrogens is 3. The fourth-order valence-corrected chi connectivity index (χ4v) is 8.94. The topological polar surface area (TPSA) is 43.9 Å². The summed E-state index contributed by atoms with van der Waals surface area (Å²) >= 11 is 1.82. The van der Waals surface area contributed by atoms with E-state index in [-0.39, 0.29) is 0 Å². The number of furan rings is 1. The van der Waals surface area contributed by atoms with Gasteiger partial charge in [-0.25, -0.2) is 9.97 Å². The molecule has 0 aliphatic carbocycles. The Morgan fingerprint density at radius 1 is 0.490 bits per heavy atom. The molecule has 4 heterocycles. The summed E-state index contributed by atoms with van der Waals surface area (Å²) in [5.41, 5.74) is 10.1. The lowest BCUT2D eigenvalue weighted by atomic mass is 10.0. The summed E-state index contributed by atoms with van der Waals surface area (Å²) < 4.78 is 11.6. The van der Waals surface area contributed by atoms with Crippen LogP contribution in [0.1, 0.15) is 0 Å². The molecule has 0 bridgehead atoms. The first-order valence-corrected chi connectivity index (χ1v) is 17.9. The van der Waals surface area contributed by atoms with Crippen LogP contribution in [0.2, 0.25) is 0 Å². The second kappa shape index (κ2) is 11.0. The van der Waals surface area contributed by atoms with Crippen molar-refractivity contribution in [3.63, 3.8) is 0 Å². The number of nitrogens with zero attached hydrogens (tertiary/aromatic N) is 3. The monoisotopic (exact) mass is 669 g/mol. The van der Waals surface area contributed by atoms with Crippen LogP contribution in [0.15, 0.2) is 168 Å². The van der Waals surface area contributed by atoms with Gasteiger partial charge in [0.05, 0.1) is 32.5 Å². The van der Waals surface area contributed by atoms with Gasteiger partial charge in [0.15, 0.2) is 11.4 Å². The summed E-state index contributed by atoms with van der Waals surface area (Å²) in [7, 11) is 0. The lowest BCUT2D eigenvalue weighted by Gasteiger charge is -2.12. The van der Waals surface area contributed by atoms with Gasteiger partial charge in [0.25, 0.3) is 0 Å². The fraction of sp³-hybridized carbons (Fsp3) is 0. The largest absolute Gasteiger partial charge is 0.454 e. The van der Waals surface area contributed by atoms with Crippen molar-refractivity contribution in [3.05, 3.63) is 164 Å². The van der Waals surface area contributed by atoms with Crippen LogP contribution in [-0.4, -0.2) is 14.5 Å². The van der Waals surface area contributed by atoms with Gasteiger partial charge in [-0.3, -0.25) is 0 Å². The summed E-state index contributed by atoms with van der Waals surface area (Å²) in [5, 5.41) is 7.28. The lowest BCUT2D eigenvalue weighted by Crippen LogP contribution is -1.97. The Morgan fingerprint density at radius 3 is 1.86 bits per heavy atom. The molecule has 0 N–H and O–H groups in total. The number of fused-ring (bicyclic) bond motifs is 12. The minimum Gasteiger partial charge on any atom is -0.454 e. The van der Waals surface area contributed by atoms with Gasteiger partial charge in [-0.1, -0.05) is 127 Å². The highest BCUT2D eigenvalue weighted by Crippen LogP contribution is 2.50. The first-order chi connectivity index (χ1) is 25.3. The van der Waals surface area contributed by atoms with Gasteiger partial charge in [0, 0.05) is 54.0 Å². The number of hydrogen-bond acceptors (Lipinski definition) is 4. The molecule has 4 nitrogen and oxygen atoms in total. The Labute approximate surface area is 296 Å². The molecule has 7 aromatic carbocycles. The summed E-state index contributed by atoms with van der Waals surface area (Å²) in [6, 6.07) is 57.4. The molecule has 4 aromatic heterocycles. The first kappa shape index (κ1) is 28.3. The van der Waals surface area contributed by atoms with E-state index in [0.717, 1.165) is 61.2 Å². The van der Waals surface area contributed by atoms with E-state index < -0.39 is 0 Å². The predicted octanol–water partition coefficient (Wildman–Crippen LogP) is 12.8. The Hall–Kier alpha value is -6.56. The van der Waals surface area contributed by atoms with Crippen molar-refractivity contribution in [2.75, 3.05) is 0 Å². The number of thiophene rings is 1. The van der Waals surface area contributed by atoms with E-state index in [9.17, 15) is 0 Å². The molecule has 11 rings (SSSR count). The van der Waals surface area contributed by atoms with E-state index in [4.69, 9.17) is 14.4 Å². The SMILES string of the molecule is c1ccc(-c2cc(-c3ccc(-n4c5ccccc5c5c6c7ccccc7sc6c6oc7ccccc7c6c54)cc3)nc(-c3ccccc3)n2)cc1. The van der Waals surface area contributed by atoms with Crippen LogP contribution in [0.3, 0.4) is 0 Å². The highest BCUT2D eigenvalue weighted by Gasteiger charge is 2.25. The zero-order chi connectivity index (χ0) is 33.5. The molecule has 0 atom stereocenters. The molecule has 5 heteroatoms. The van der Waals surface area contributed by atoms with Crippen LogP contribution in [-0.2, 0) is 0 Å². The van der Waals surface area contributed by atoms with Gasteiger partial charge in [-0.15, -0.1) is 11.3 Å². The van der Waals surface area contributed by atoms with E-state index in [1.807, 2.05) is 47.7 Å². The molecule has 51 heavy (non-hydrogen) atoms. The Kier molecular flexibility index (Phi) is 6.09. The molecule has 0 aliphatic rings. The van der Waals surface area contributed by atoms with Gasteiger partial charge in [-0.05, 0) is 36.4 Å². The summed E-state index contributed by atoms with van der Waals surface area (Å²) in [4.78, 5) is 10.1. The molecular formula is C46H27N3OS. The average molecular weight is 670 g/mol. The number of benzene rings is 7. The Bertz CT molecular complexity index is 3060. The second-order valence-electron chi connectivity index (χ2n) is 12.9. The van der Waals surface area contributed by atoms with Crippen LogP contribution < -0.4 is 0 Å². The smallest absolute Gasteiger partial charge is 0.160 e. The molecule has 0 saturated carbocycles. The third-order valence-corrected chi connectivity index (χ3v) is 11.2. The highest BCUT2D eigenvalue weighted by atomic mass is 32.1. The van der Waals surface area contributed by atoms with Crippen molar-refractivity contribution in [2.24, 2.45) is 0 Å². The molecule has 238 valence electrons. The maximum Gasteiger partial charge on any atom is 0.160 e. The summed E-state index contributed by atoms with van der Waals surface area (Å²) in [6.45, 7) is 0. The third-order valence-electron chi connectivity index (χ3n) is 10.0. The zero-order valence-electron chi connectivity index (χ0n) is 27.2. The Balaban J connectivity index is 1.18. The maximum atomic E-state index is 6.75. The van der Waals surface area contributed by atoms with Crippen molar-refractivity contribution >= 4 is 75.3 Å². The van der Waals surface area contributed by atoms with Crippen molar-refractivity contribution < 1.29 is 4.42 Å². The zero-order valence-corrected chi connectivity index (χ0v) is 28.1. The van der Waals surface area contributed by atoms with E-state index in [1.54, 1.807) is 0 Å². The predicted molar refractivity (Wildman–Crippen MR) is 213 cm³/mol. The van der Waals surface area contributed by atoms with Crippen LogP contribution in [0.5, 0.6) is 0 Å². The van der Waals surface area contributed by atoms with Crippen LogP contribution in [0, 0.1) is 0 Å². The minimum atomic E-state index is 0.708. The van der Waals surface area contributed by atoms with Crippen LogP contribution in [0.4, 0.5) is 0 Å². The average Bonchev–Trinajstić information content (AvgIpc) is 3.88. The van der Waals surface area contributed by atoms with Gasteiger partial charge >= 0.3 is 0 Å². The van der Waals surface area contributed by atoms with E-state index in [1.165, 1.54) is 36.5 Å². The fourth-order valence-electron chi connectivity index (χ4n) is 7.74. The lowest BCUT2D eigenvalue weighted by molar-refractivity contribution is 0.673. The summed E-state index contributed by atoms with van der Waals surface area (Å²) in [5.74, 6) is 0.708. The second-order valence-corrected chi connectivity index (χ2v) is 14.0. The van der Waals surface area contributed by atoms with Crippen molar-refractivity contribution in [1.82, 2.24) is 14.5 Å². The maximum absolute atomic E-state index is 6.75. The van der Waals surface area contributed by atoms with Crippen LogP contribution in [0.25, 0.3) is 104 Å². The van der Waals surface area contributed by atoms with Crippen molar-refractivity contribution in [3.8, 4) is 39.6 Å². The highest BCUT2D eigenvalue weighted by molar-refractivity contribution is 7.27.